The highest BCUT2D eigenvalue weighted by Gasteiger charge is 2.18. The van der Waals surface area contributed by atoms with E-state index in [4.69, 9.17) is 4.84 Å². The van der Waals surface area contributed by atoms with E-state index >= 15 is 0 Å². The van der Waals surface area contributed by atoms with Gasteiger partial charge in [0.2, 0.25) is 0 Å². The number of carbonyl (C=O) groups is 2. The Morgan fingerprint density at radius 2 is 1.48 bits per heavy atom. The summed E-state index contributed by atoms with van der Waals surface area (Å²) >= 11 is 0. The molecule has 0 fully saturated rings. The highest BCUT2D eigenvalue weighted by molar-refractivity contribution is 5.93. The van der Waals surface area contributed by atoms with Crippen LogP contribution in [-0.2, 0) is 9.63 Å². The SMILES string of the molecule is Cc1cc(C)c(C(=O)ONC(=O)CC(/C=C/c2ccccc2)c2ccccc2)c(C)c1. The summed E-state index contributed by atoms with van der Waals surface area (Å²) in [4.78, 5) is 30.2. The summed E-state index contributed by atoms with van der Waals surface area (Å²) in [5.41, 5.74) is 7.60. The molecule has 3 aromatic carbocycles. The van der Waals surface area contributed by atoms with Crippen LogP contribution < -0.4 is 5.48 Å². The Kier molecular flexibility index (Phi) is 7.39. The summed E-state index contributed by atoms with van der Waals surface area (Å²) in [5.74, 6) is -1.07. The van der Waals surface area contributed by atoms with Gasteiger partial charge in [-0.3, -0.25) is 4.79 Å². The van der Waals surface area contributed by atoms with Crippen LogP contribution in [-0.4, -0.2) is 11.9 Å². The molecule has 0 aliphatic carbocycles. The number of allylic oxidation sites excluding steroid dienone is 1. The van der Waals surface area contributed by atoms with E-state index in [0.717, 1.165) is 27.8 Å². The Hall–Kier alpha value is -3.66. The van der Waals surface area contributed by atoms with Gasteiger partial charge in [-0.25, -0.2) is 4.79 Å². The average molecular weight is 414 g/mol. The topological polar surface area (TPSA) is 55.4 Å². The zero-order valence-corrected chi connectivity index (χ0v) is 18.1. The minimum Gasteiger partial charge on any atom is -0.335 e. The predicted molar refractivity (Wildman–Crippen MR) is 123 cm³/mol. The third-order valence-electron chi connectivity index (χ3n) is 5.09. The number of hydrogen-bond donors (Lipinski definition) is 1. The summed E-state index contributed by atoms with van der Waals surface area (Å²) in [7, 11) is 0. The second-order valence-electron chi connectivity index (χ2n) is 7.68. The van der Waals surface area contributed by atoms with Crippen molar-refractivity contribution in [1.82, 2.24) is 5.48 Å². The van der Waals surface area contributed by atoms with E-state index in [0.29, 0.717) is 5.56 Å². The molecule has 0 aliphatic rings. The first-order chi connectivity index (χ1) is 14.9. The van der Waals surface area contributed by atoms with Crippen molar-refractivity contribution in [2.24, 2.45) is 0 Å². The first kappa shape index (κ1) is 22.0. The lowest BCUT2D eigenvalue weighted by molar-refractivity contribution is -0.130. The second-order valence-corrected chi connectivity index (χ2v) is 7.68. The Morgan fingerprint density at radius 1 is 0.903 bits per heavy atom. The Labute approximate surface area is 183 Å². The van der Waals surface area contributed by atoms with Crippen LogP contribution >= 0.6 is 0 Å². The average Bonchev–Trinajstić information content (AvgIpc) is 2.76. The molecule has 0 heterocycles. The monoisotopic (exact) mass is 413 g/mol. The molecular formula is C27H27NO3. The van der Waals surface area contributed by atoms with Crippen molar-refractivity contribution >= 4 is 18.0 Å². The molecule has 0 bridgehead atoms. The Balaban J connectivity index is 1.68. The Bertz CT molecular complexity index is 1050. The van der Waals surface area contributed by atoms with E-state index in [1.165, 1.54) is 0 Å². The molecule has 1 atom stereocenters. The van der Waals surface area contributed by atoms with E-state index in [2.05, 4.69) is 5.48 Å². The van der Waals surface area contributed by atoms with Crippen molar-refractivity contribution in [1.29, 1.82) is 0 Å². The quantitative estimate of drug-likeness (QED) is 0.529. The molecule has 3 rings (SSSR count). The van der Waals surface area contributed by atoms with Crippen molar-refractivity contribution in [3.8, 4) is 0 Å². The molecule has 0 saturated heterocycles. The molecule has 31 heavy (non-hydrogen) atoms. The third-order valence-corrected chi connectivity index (χ3v) is 5.09. The Morgan fingerprint density at radius 3 is 2.10 bits per heavy atom. The normalized spacial score (nSPS) is 11.8. The van der Waals surface area contributed by atoms with E-state index in [-0.39, 0.29) is 18.2 Å². The van der Waals surface area contributed by atoms with Gasteiger partial charge in [0.05, 0.1) is 5.56 Å². The lowest BCUT2D eigenvalue weighted by Gasteiger charge is -2.14. The molecule has 1 unspecified atom stereocenters. The van der Waals surface area contributed by atoms with Crippen LogP contribution in [0.3, 0.4) is 0 Å². The maximum absolute atomic E-state index is 12.6. The van der Waals surface area contributed by atoms with Gasteiger partial charge in [-0.15, -0.1) is 0 Å². The maximum atomic E-state index is 12.6. The van der Waals surface area contributed by atoms with Crippen LogP contribution in [0.1, 0.15) is 50.5 Å². The summed E-state index contributed by atoms with van der Waals surface area (Å²) in [5, 5.41) is 0. The van der Waals surface area contributed by atoms with Crippen molar-refractivity contribution in [3.63, 3.8) is 0 Å². The highest BCUT2D eigenvalue weighted by Crippen LogP contribution is 2.23. The molecular weight excluding hydrogens is 386 g/mol. The zero-order valence-electron chi connectivity index (χ0n) is 18.1. The molecule has 1 amide bonds. The highest BCUT2D eigenvalue weighted by atomic mass is 16.7. The molecule has 0 radical (unpaired) electrons. The van der Waals surface area contributed by atoms with Crippen molar-refractivity contribution in [3.05, 3.63) is 112 Å². The fourth-order valence-electron chi connectivity index (χ4n) is 3.69. The minimum atomic E-state index is -0.556. The molecule has 0 saturated carbocycles. The second kappa shape index (κ2) is 10.4. The van der Waals surface area contributed by atoms with E-state index in [1.54, 1.807) is 0 Å². The van der Waals surface area contributed by atoms with Crippen LogP contribution in [0, 0.1) is 20.8 Å². The number of nitrogens with one attached hydrogen (secondary N) is 1. The van der Waals surface area contributed by atoms with Crippen LogP contribution in [0.4, 0.5) is 0 Å². The molecule has 1 N–H and O–H groups in total. The molecule has 0 spiro atoms. The minimum absolute atomic E-state index is 0.150. The van der Waals surface area contributed by atoms with Gasteiger partial charge in [0, 0.05) is 12.3 Å². The maximum Gasteiger partial charge on any atom is 0.363 e. The molecule has 0 aromatic heterocycles. The van der Waals surface area contributed by atoms with Gasteiger partial charge in [-0.05, 0) is 43.0 Å². The first-order valence-corrected chi connectivity index (χ1v) is 10.3. The summed E-state index contributed by atoms with van der Waals surface area (Å²) in [6, 6.07) is 23.6. The summed E-state index contributed by atoms with van der Waals surface area (Å²) in [6.45, 7) is 5.69. The first-order valence-electron chi connectivity index (χ1n) is 10.3. The van der Waals surface area contributed by atoms with Gasteiger partial charge >= 0.3 is 5.97 Å². The number of benzene rings is 3. The fourth-order valence-corrected chi connectivity index (χ4v) is 3.69. The van der Waals surface area contributed by atoms with Crippen molar-refractivity contribution in [2.75, 3.05) is 0 Å². The van der Waals surface area contributed by atoms with E-state index in [9.17, 15) is 9.59 Å². The van der Waals surface area contributed by atoms with Gasteiger partial charge in [0.1, 0.15) is 0 Å². The van der Waals surface area contributed by atoms with Crippen molar-refractivity contribution < 1.29 is 14.4 Å². The smallest absolute Gasteiger partial charge is 0.335 e. The number of carbonyl (C=O) groups excluding carboxylic acids is 2. The fraction of sp³-hybridized carbons (Fsp3) is 0.185. The number of rotatable bonds is 6. The zero-order chi connectivity index (χ0) is 22.2. The lowest BCUT2D eigenvalue weighted by Crippen LogP contribution is -2.28. The predicted octanol–water partition coefficient (Wildman–Crippen LogP) is 5.69. The van der Waals surface area contributed by atoms with E-state index in [1.807, 2.05) is 106 Å². The summed E-state index contributed by atoms with van der Waals surface area (Å²) in [6.07, 6.45) is 4.16. The number of hydrogen-bond acceptors (Lipinski definition) is 3. The summed E-state index contributed by atoms with van der Waals surface area (Å²) < 4.78 is 0. The number of hydroxylamine groups is 1. The standard InChI is InChI=1S/C27H27NO3/c1-19-16-20(2)26(21(3)17-19)27(30)31-28-25(29)18-24(23-12-8-5-9-13-23)15-14-22-10-6-4-7-11-22/h4-17,24H,18H2,1-3H3,(H,28,29)/b15-14+. The molecule has 3 aromatic rings. The third kappa shape index (κ3) is 6.16. The van der Waals surface area contributed by atoms with Crippen LogP contribution in [0.5, 0.6) is 0 Å². The molecule has 4 heteroatoms. The van der Waals surface area contributed by atoms with Gasteiger partial charge in [-0.1, -0.05) is 90.5 Å². The molecule has 158 valence electrons. The van der Waals surface area contributed by atoms with Crippen LogP contribution in [0.15, 0.2) is 78.9 Å². The largest absolute Gasteiger partial charge is 0.363 e. The van der Waals surface area contributed by atoms with Gasteiger partial charge in [0.15, 0.2) is 0 Å². The van der Waals surface area contributed by atoms with Gasteiger partial charge in [0.25, 0.3) is 5.91 Å². The molecule has 0 aliphatic heterocycles. The van der Waals surface area contributed by atoms with Gasteiger partial charge < -0.3 is 4.84 Å². The van der Waals surface area contributed by atoms with E-state index < -0.39 is 5.97 Å². The lowest BCUT2D eigenvalue weighted by atomic mass is 9.94. The van der Waals surface area contributed by atoms with Gasteiger partial charge in [-0.2, -0.15) is 5.48 Å². The van der Waals surface area contributed by atoms with Crippen molar-refractivity contribution in [2.45, 2.75) is 33.1 Å². The number of aryl methyl sites for hydroxylation is 3. The molecule has 4 nitrogen and oxygen atoms in total. The van der Waals surface area contributed by atoms with Crippen LogP contribution in [0.2, 0.25) is 0 Å². The number of amides is 1. The van der Waals surface area contributed by atoms with Crippen LogP contribution in [0.25, 0.3) is 6.08 Å².